The van der Waals surface area contributed by atoms with E-state index in [0.29, 0.717) is 18.7 Å². The number of nitrogens with one attached hydrogen (secondary N) is 2. The number of thiophene rings is 1. The van der Waals surface area contributed by atoms with Crippen LogP contribution in [0.5, 0.6) is 0 Å². The quantitative estimate of drug-likeness (QED) is 0.759. The highest BCUT2D eigenvalue weighted by molar-refractivity contribution is 9.10. The van der Waals surface area contributed by atoms with Gasteiger partial charge in [0, 0.05) is 12.1 Å². The zero-order valence-electron chi connectivity index (χ0n) is 11.7. The van der Waals surface area contributed by atoms with E-state index in [9.17, 15) is 8.42 Å². The summed E-state index contributed by atoms with van der Waals surface area (Å²) in [5, 5.41) is 6.91. The first-order valence-electron chi connectivity index (χ1n) is 6.38. The van der Waals surface area contributed by atoms with E-state index in [0.717, 1.165) is 5.56 Å². The molecule has 1 atom stereocenters. The lowest BCUT2D eigenvalue weighted by atomic mass is 10.1. The van der Waals surface area contributed by atoms with Gasteiger partial charge >= 0.3 is 0 Å². The lowest BCUT2D eigenvalue weighted by Crippen LogP contribution is -2.34. The van der Waals surface area contributed by atoms with Crippen molar-refractivity contribution < 1.29 is 12.8 Å². The maximum absolute atomic E-state index is 12.4. The maximum atomic E-state index is 12.4. The van der Waals surface area contributed by atoms with Crippen molar-refractivity contribution in [2.45, 2.75) is 30.8 Å². The molecule has 0 aromatic carbocycles. The Morgan fingerprint density at radius 3 is 2.86 bits per heavy atom. The molecule has 0 radical (unpaired) electrons. The third-order valence-corrected chi connectivity index (χ3v) is 6.00. The second-order valence-corrected chi connectivity index (χ2v) is 7.92. The Hall–Kier alpha value is -0.670. The smallest absolute Gasteiger partial charge is 0.245 e. The molecule has 2 aromatic heterocycles. The van der Waals surface area contributed by atoms with Crippen LogP contribution in [0, 0.1) is 0 Å². The Morgan fingerprint density at radius 2 is 2.24 bits per heavy atom. The highest BCUT2D eigenvalue weighted by Gasteiger charge is 2.24. The van der Waals surface area contributed by atoms with Crippen LogP contribution >= 0.6 is 27.3 Å². The lowest BCUT2D eigenvalue weighted by Gasteiger charge is -2.12. The van der Waals surface area contributed by atoms with Gasteiger partial charge in [-0.2, -0.15) is 11.3 Å². The molecule has 0 amide bonds. The molecule has 1 unspecified atom stereocenters. The van der Waals surface area contributed by atoms with Crippen LogP contribution in [0.25, 0.3) is 0 Å². The molecule has 116 valence electrons. The van der Waals surface area contributed by atoms with Crippen molar-refractivity contribution in [3.8, 4) is 0 Å². The van der Waals surface area contributed by atoms with Crippen molar-refractivity contribution in [2.75, 3.05) is 7.05 Å². The zero-order valence-corrected chi connectivity index (χ0v) is 14.9. The minimum Gasteiger partial charge on any atom is -0.452 e. The highest BCUT2D eigenvalue weighted by Crippen LogP contribution is 2.26. The molecule has 0 aliphatic carbocycles. The largest absolute Gasteiger partial charge is 0.452 e. The molecule has 21 heavy (non-hydrogen) atoms. The van der Waals surface area contributed by atoms with Crippen LogP contribution in [-0.2, 0) is 23.0 Å². The molecule has 5 nitrogen and oxygen atoms in total. The molecule has 2 N–H and O–H groups in total. The zero-order chi connectivity index (χ0) is 15.5. The second kappa shape index (κ2) is 7.06. The average molecular weight is 393 g/mol. The fourth-order valence-electron chi connectivity index (χ4n) is 1.97. The summed E-state index contributed by atoms with van der Waals surface area (Å²) in [6.45, 7) is 2.32. The third-order valence-electron chi connectivity index (χ3n) is 2.83. The fourth-order valence-corrected chi connectivity index (χ4v) is 4.90. The van der Waals surface area contributed by atoms with Crippen LogP contribution in [0.3, 0.4) is 0 Å². The molecular weight excluding hydrogens is 376 g/mol. The molecule has 2 aromatic rings. The molecule has 2 heterocycles. The van der Waals surface area contributed by atoms with Gasteiger partial charge in [-0.05, 0) is 58.7 Å². The minimum atomic E-state index is -3.61. The highest BCUT2D eigenvalue weighted by atomic mass is 79.9. The van der Waals surface area contributed by atoms with Gasteiger partial charge in [0.25, 0.3) is 0 Å². The van der Waals surface area contributed by atoms with E-state index in [1.165, 1.54) is 6.07 Å². The molecule has 0 bridgehead atoms. The lowest BCUT2D eigenvalue weighted by molar-refractivity contribution is 0.469. The number of sulfonamides is 1. The second-order valence-electron chi connectivity index (χ2n) is 4.74. The molecular formula is C13H17BrN2O3S2. The first-order valence-corrected chi connectivity index (χ1v) is 9.60. The topological polar surface area (TPSA) is 71.3 Å². The summed E-state index contributed by atoms with van der Waals surface area (Å²) < 4.78 is 33.0. The summed E-state index contributed by atoms with van der Waals surface area (Å²) in [5.74, 6) is 0.565. The van der Waals surface area contributed by atoms with Gasteiger partial charge < -0.3 is 9.73 Å². The average Bonchev–Trinajstić information content (AvgIpc) is 2.99. The fraction of sp³-hybridized carbons (Fsp3) is 0.385. The Kier molecular flexibility index (Phi) is 5.61. The van der Waals surface area contributed by atoms with Crippen LogP contribution in [0.15, 0.2) is 36.9 Å². The van der Waals surface area contributed by atoms with Gasteiger partial charge in [0.1, 0.15) is 10.7 Å². The van der Waals surface area contributed by atoms with Crippen molar-refractivity contribution in [3.05, 3.63) is 38.9 Å². The summed E-state index contributed by atoms with van der Waals surface area (Å²) in [6.07, 6.45) is 0.654. The van der Waals surface area contributed by atoms with Gasteiger partial charge in [-0.25, -0.2) is 13.1 Å². The van der Waals surface area contributed by atoms with Crippen LogP contribution < -0.4 is 10.0 Å². The summed E-state index contributed by atoms with van der Waals surface area (Å²) in [7, 11) is -1.84. The van der Waals surface area contributed by atoms with E-state index in [4.69, 9.17) is 4.42 Å². The normalized spacial score (nSPS) is 13.5. The van der Waals surface area contributed by atoms with E-state index in [-0.39, 0.29) is 15.6 Å². The summed E-state index contributed by atoms with van der Waals surface area (Å²) in [4.78, 5) is 0.130. The molecule has 2 rings (SSSR count). The number of halogens is 1. The monoisotopic (exact) mass is 392 g/mol. The number of rotatable bonds is 7. The Morgan fingerprint density at radius 1 is 1.48 bits per heavy atom. The third kappa shape index (κ3) is 4.40. The summed E-state index contributed by atoms with van der Waals surface area (Å²) in [5.41, 5.74) is 1.12. The molecule has 0 saturated carbocycles. The number of furan rings is 1. The van der Waals surface area contributed by atoms with E-state index in [1.54, 1.807) is 18.4 Å². The van der Waals surface area contributed by atoms with Gasteiger partial charge in [0.15, 0.2) is 4.67 Å². The first kappa shape index (κ1) is 16.7. The van der Waals surface area contributed by atoms with E-state index in [2.05, 4.69) is 26.0 Å². The van der Waals surface area contributed by atoms with Gasteiger partial charge in [0.05, 0.1) is 6.54 Å². The summed E-state index contributed by atoms with van der Waals surface area (Å²) >= 11 is 4.76. The Labute approximate surface area is 136 Å². The maximum Gasteiger partial charge on any atom is 0.245 e. The van der Waals surface area contributed by atoms with Crippen LogP contribution in [0.4, 0.5) is 0 Å². The van der Waals surface area contributed by atoms with Crippen molar-refractivity contribution >= 4 is 37.3 Å². The number of hydrogen-bond donors (Lipinski definition) is 2. The molecule has 0 spiro atoms. The Balaban J connectivity index is 2.10. The van der Waals surface area contributed by atoms with E-state index in [1.807, 2.05) is 23.8 Å². The van der Waals surface area contributed by atoms with Crippen LogP contribution in [-0.4, -0.2) is 21.5 Å². The van der Waals surface area contributed by atoms with E-state index >= 15 is 0 Å². The van der Waals surface area contributed by atoms with E-state index < -0.39 is 10.0 Å². The number of hydrogen-bond acceptors (Lipinski definition) is 5. The molecule has 8 heteroatoms. The van der Waals surface area contributed by atoms with Crippen LogP contribution in [0.2, 0.25) is 0 Å². The molecule has 0 aliphatic rings. The van der Waals surface area contributed by atoms with Gasteiger partial charge in [0.2, 0.25) is 10.0 Å². The van der Waals surface area contributed by atoms with Gasteiger partial charge in [-0.1, -0.05) is 0 Å². The predicted octanol–water partition coefficient (Wildman–Crippen LogP) is 2.73. The minimum absolute atomic E-state index is 0.130. The van der Waals surface area contributed by atoms with Crippen molar-refractivity contribution in [3.63, 3.8) is 0 Å². The standard InChI is InChI=1S/C13H17BrN2O3S2/c1-9(5-10-3-4-20-8-10)16-21(17,18)12-6-11(7-15-2)19-13(12)14/h3-4,6,8-9,15-16H,5,7H2,1-2H3. The molecule has 0 aliphatic heterocycles. The first-order chi connectivity index (χ1) is 9.92. The van der Waals surface area contributed by atoms with Crippen molar-refractivity contribution in [1.82, 2.24) is 10.0 Å². The molecule has 0 saturated heterocycles. The van der Waals surface area contributed by atoms with Gasteiger partial charge in [-0.15, -0.1) is 0 Å². The van der Waals surface area contributed by atoms with Gasteiger partial charge in [-0.3, -0.25) is 0 Å². The van der Waals surface area contributed by atoms with Crippen LogP contribution in [0.1, 0.15) is 18.2 Å². The van der Waals surface area contributed by atoms with Crippen molar-refractivity contribution in [2.24, 2.45) is 0 Å². The Bertz CT molecular complexity index is 680. The SMILES string of the molecule is CNCc1cc(S(=O)(=O)NC(C)Cc2ccsc2)c(Br)o1. The van der Waals surface area contributed by atoms with Crippen molar-refractivity contribution in [1.29, 1.82) is 0 Å². The summed E-state index contributed by atoms with van der Waals surface area (Å²) in [6, 6.07) is 3.33. The predicted molar refractivity (Wildman–Crippen MR) is 87.0 cm³/mol. The molecule has 0 fully saturated rings.